The number of fused-ring (bicyclic) bond motifs is 1. The van der Waals surface area contributed by atoms with Gasteiger partial charge < -0.3 is 10.0 Å². The van der Waals surface area contributed by atoms with Gasteiger partial charge in [0, 0.05) is 18.5 Å². The van der Waals surface area contributed by atoms with Crippen LogP contribution in [0.15, 0.2) is 18.2 Å². The van der Waals surface area contributed by atoms with Crippen molar-refractivity contribution in [1.82, 2.24) is 10.2 Å². The standard InChI is InChI=1S/C14H14N2O4/c17-7-8-2-1-3-9-10(8)6-16(14(9)20)11-4-5-12(18)15-13(11)19/h1-3,11,17H,4-7H2,(H,15,18,19). The third-order valence-corrected chi connectivity index (χ3v) is 3.85. The van der Waals surface area contributed by atoms with E-state index in [0.29, 0.717) is 24.1 Å². The molecular formula is C14H14N2O4. The number of hydrogen-bond acceptors (Lipinski definition) is 4. The van der Waals surface area contributed by atoms with Crippen molar-refractivity contribution in [2.75, 3.05) is 0 Å². The summed E-state index contributed by atoms with van der Waals surface area (Å²) >= 11 is 0. The number of hydrogen-bond donors (Lipinski definition) is 2. The van der Waals surface area contributed by atoms with Crippen molar-refractivity contribution in [3.05, 3.63) is 34.9 Å². The average molecular weight is 274 g/mol. The summed E-state index contributed by atoms with van der Waals surface area (Å²) in [6, 6.07) is 4.57. The third-order valence-electron chi connectivity index (χ3n) is 3.85. The minimum Gasteiger partial charge on any atom is -0.392 e. The van der Waals surface area contributed by atoms with Crippen LogP contribution in [0.25, 0.3) is 0 Å². The first-order valence-electron chi connectivity index (χ1n) is 6.48. The Hall–Kier alpha value is -2.21. The molecule has 104 valence electrons. The number of amides is 3. The summed E-state index contributed by atoms with van der Waals surface area (Å²) in [7, 11) is 0. The number of aliphatic hydroxyl groups excluding tert-OH is 1. The molecule has 0 radical (unpaired) electrons. The fourth-order valence-electron chi connectivity index (χ4n) is 2.80. The van der Waals surface area contributed by atoms with Crippen LogP contribution in [0.4, 0.5) is 0 Å². The SMILES string of the molecule is O=C1CCC(N2Cc3c(CO)cccc3C2=O)C(=O)N1. The number of carbonyl (C=O) groups excluding carboxylic acids is 3. The number of aliphatic hydroxyl groups is 1. The van der Waals surface area contributed by atoms with E-state index in [0.717, 1.165) is 5.56 Å². The van der Waals surface area contributed by atoms with Gasteiger partial charge in [-0.2, -0.15) is 0 Å². The molecule has 1 saturated heterocycles. The Morgan fingerprint density at radius 1 is 1.30 bits per heavy atom. The summed E-state index contributed by atoms with van der Waals surface area (Å²) in [4.78, 5) is 36.9. The fraction of sp³-hybridized carbons (Fsp3) is 0.357. The zero-order valence-corrected chi connectivity index (χ0v) is 10.8. The molecule has 1 aromatic rings. The van der Waals surface area contributed by atoms with E-state index in [1.807, 2.05) is 0 Å². The molecule has 2 aliphatic heterocycles. The highest BCUT2D eigenvalue weighted by Crippen LogP contribution is 2.29. The van der Waals surface area contributed by atoms with Gasteiger partial charge in [0.05, 0.1) is 6.61 Å². The highest BCUT2D eigenvalue weighted by Gasteiger charge is 2.39. The molecule has 0 saturated carbocycles. The second kappa shape index (κ2) is 4.72. The number of rotatable bonds is 2. The van der Waals surface area contributed by atoms with Gasteiger partial charge in [0.25, 0.3) is 5.91 Å². The molecule has 1 aromatic carbocycles. The highest BCUT2D eigenvalue weighted by atomic mass is 16.3. The number of carbonyl (C=O) groups is 3. The van der Waals surface area contributed by atoms with Gasteiger partial charge in [0.2, 0.25) is 11.8 Å². The van der Waals surface area contributed by atoms with Crippen LogP contribution in [-0.4, -0.2) is 33.8 Å². The largest absolute Gasteiger partial charge is 0.392 e. The first kappa shape index (κ1) is 12.8. The van der Waals surface area contributed by atoms with E-state index in [-0.39, 0.29) is 24.8 Å². The minimum absolute atomic E-state index is 0.139. The zero-order chi connectivity index (χ0) is 14.3. The van der Waals surface area contributed by atoms with Gasteiger partial charge >= 0.3 is 0 Å². The van der Waals surface area contributed by atoms with Gasteiger partial charge in [-0.25, -0.2) is 0 Å². The van der Waals surface area contributed by atoms with Gasteiger partial charge in [-0.05, 0) is 23.6 Å². The van der Waals surface area contributed by atoms with Crippen molar-refractivity contribution in [2.45, 2.75) is 32.0 Å². The quantitative estimate of drug-likeness (QED) is 0.740. The van der Waals surface area contributed by atoms with Crippen LogP contribution in [0.5, 0.6) is 0 Å². The normalized spacial score (nSPS) is 21.9. The number of piperidine rings is 1. The topological polar surface area (TPSA) is 86.7 Å². The highest BCUT2D eigenvalue weighted by molar-refractivity contribution is 6.05. The summed E-state index contributed by atoms with van der Waals surface area (Å²) in [5.41, 5.74) is 2.00. The molecule has 2 heterocycles. The molecule has 2 N–H and O–H groups in total. The Morgan fingerprint density at radius 3 is 2.80 bits per heavy atom. The van der Waals surface area contributed by atoms with Crippen molar-refractivity contribution < 1.29 is 19.5 Å². The van der Waals surface area contributed by atoms with E-state index in [2.05, 4.69) is 5.32 Å². The maximum absolute atomic E-state index is 12.4. The third kappa shape index (κ3) is 1.89. The maximum Gasteiger partial charge on any atom is 0.255 e. The molecule has 1 atom stereocenters. The number of imide groups is 1. The predicted octanol–water partition coefficient (Wildman–Crippen LogP) is -0.0601. The lowest BCUT2D eigenvalue weighted by Crippen LogP contribution is -2.52. The Labute approximate surface area is 115 Å². The first-order valence-corrected chi connectivity index (χ1v) is 6.48. The van der Waals surface area contributed by atoms with Crippen molar-refractivity contribution in [3.8, 4) is 0 Å². The fourth-order valence-corrected chi connectivity index (χ4v) is 2.80. The predicted molar refractivity (Wildman–Crippen MR) is 68.4 cm³/mol. The van der Waals surface area contributed by atoms with E-state index in [4.69, 9.17) is 0 Å². The molecule has 0 spiro atoms. The monoisotopic (exact) mass is 274 g/mol. The van der Waals surface area contributed by atoms with Crippen LogP contribution in [0.2, 0.25) is 0 Å². The number of nitrogens with zero attached hydrogens (tertiary/aromatic N) is 1. The molecule has 1 fully saturated rings. The lowest BCUT2D eigenvalue weighted by atomic mass is 10.0. The van der Waals surface area contributed by atoms with Gasteiger partial charge in [-0.3, -0.25) is 19.7 Å². The molecule has 3 amide bonds. The van der Waals surface area contributed by atoms with Gasteiger partial charge in [0.1, 0.15) is 6.04 Å². The van der Waals surface area contributed by atoms with Crippen LogP contribution >= 0.6 is 0 Å². The minimum atomic E-state index is -0.612. The average Bonchev–Trinajstić information content (AvgIpc) is 2.76. The Kier molecular flexibility index (Phi) is 3.02. The van der Waals surface area contributed by atoms with Gasteiger partial charge in [0.15, 0.2) is 0 Å². The van der Waals surface area contributed by atoms with Crippen molar-refractivity contribution in [3.63, 3.8) is 0 Å². The molecule has 2 aliphatic rings. The molecule has 0 aliphatic carbocycles. The van der Waals surface area contributed by atoms with Gasteiger partial charge in [-0.1, -0.05) is 12.1 Å². The summed E-state index contributed by atoms with van der Waals surface area (Å²) in [5, 5.41) is 11.6. The number of benzene rings is 1. The molecule has 6 heteroatoms. The van der Waals surface area contributed by atoms with Gasteiger partial charge in [-0.15, -0.1) is 0 Å². The molecule has 0 bridgehead atoms. The smallest absolute Gasteiger partial charge is 0.255 e. The Balaban J connectivity index is 1.90. The van der Waals surface area contributed by atoms with Crippen LogP contribution in [0.3, 0.4) is 0 Å². The van der Waals surface area contributed by atoms with E-state index < -0.39 is 11.9 Å². The maximum atomic E-state index is 12.4. The summed E-state index contributed by atoms with van der Waals surface area (Å²) in [5.74, 6) is -0.941. The second-order valence-electron chi connectivity index (χ2n) is 5.00. The summed E-state index contributed by atoms with van der Waals surface area (Å²) in [6.45, 7) is 0.164. The van der Waals surface area contributed by atoms with Crippen LogP contribution < -0.4 is 5.32 Å². The summed E-state index contributed by atoms with van der Waals surface area (Å²) in [6.07, 6.45) is 0.586. The molecule has 0 aromatic heterocycles. The molecule has 20 heavy (non-hydrogen) atoms. The Bertz CT molecular complexity index is 611. The van der Waals surface area contributed by atoms with E-state index in [1.54, 1.807) is 18.2 Å². The van der Waals surface area contributed by atoms with Crippen molar-refractivity contribution in [2.24, 2.45) is 0 Å². The molecule has 1 unspecified atom stereocenters. The van der Waals surface area contributed by atoms with E-state index >= 15 is 0 Å². The first-order chi connectivity index (χ1) is 9.61. The molecule has 6 nitrogen and oxygen atoms in total. The van der Waals surface area contributed by atoms with Crippen molar-refractivity contribution >= 4 is 17.7 Å². The summed E-state index contributed by atoms with van der Waals surface area (Å²) < 4.78 is 0. The number of nitrogens with one attached hydrogen (secondary N) is 1. The van der Waals surface area contributed by atoms with Crippen LogP contribution in [0.1, 0.15) is 34.3 Å². The molecular weight excluding hydrogens is 260 g/mol. The second-order valence-corrected chi connectivity index (χ2v) is 5.00. The van der Waals surface area contributed by atoms with E-state index in [9.17, 15) is 19.5 Å². The van der Waals surface area contributed by atoms with Crippen LogP contribution in [0, 0.1) is 0 Å². The van der Waals surface area contributed by atoms with E-state index in [1.165, 1.54) is 4.90 Å². The Morgan fingerprint density at radius 2 is 2.10 bits per heavy atom. The van der Waals surface area contributed by atoms with Crippen LogP contribution in [-0.2, 0) is 22.7 Å². The van der Waals surface area contributed by atoms with Crippen molar-refractivity contribution in [1.29, 1.82) is 0 Å². The lowest BCUT2D eigenvalue weighted by Gasteiger charge is -2.29. The molecule has 3 rings (SSSR count). The zero-order valence-electron chi connectivity index (χ0n) is 10.8. The lowest BCUT2D eigenvalue weighted by molar-refractivity contribution is -0.136.